The maximum atomic E-state index is 12.5. The van der Waals surface area contributed by atoms with Crippen LogP contribution in [0, 0.1) is 0 Å². The molecule has 0 saturated heterocycles. The number of fused-ring (bicyclic) bond motifs is 2. The van der Waals surface area contributed by atoms with Gasteiger partial charge < -0.3 is 13.9 Å². The van der Waals surface area contributed by atoms with E-state index >= 15 is 0 Å². The fourth-order valence-corrected chi connectivity index (χ4v) is 2.18. The van der Waals surface area contributed by atoms with E-state index in [0.717, 1.165) is 0 Å². The summed E-state index contributed by atoms with van der Waals surface area (Å²) in [5, 5.41) is 0.456. The number of carbonyl (C=O) groups excluding carboxylic acids is 2. The van der Waals surface area contributed by atoms with Gasteiger partial charge in [0.1, 0.15) is 11.1 Å². The molecule has 0 fully saturated rings. The van der Waals surface area contributed by atoms with Gasteiger partial charge in [-0.3, -0.25) is 9.59 Å². The van der Waals surface area contributed by atoms with Crippen molar-refractivity contribution < 1.29 is 23.5 Å². The van der Waals surface area contributed by atoms with Crippen molar-refractivity contribution in [1.82, 2.24) is 4.98 Å². The third kappa shape index (κ3) is 2.52. The summed E-state index contributed by atoms with van der Waals surface area (Å²) in [7, 11) is 1.17. The van der Waals surface area contributed by atoms with Gasteiger partial charge in [-0.05, 0) is 18.2 Å². The molecule has 0 radical (unpaired) electrons. The van der Waals surface area contributed by atoms with Gasteiger partial charge in [0.15, 0.2) is 0 Å². The maximum absolute atomic E-state index is 12.5. The van der Waals surface area contributed by atoms with Gasteiger partial charge in [-0.1, -0.05) is 12.1 Å². The number of benzene rings is 1. The summed E-state index contributed by atoms with van der Waals surface area (Å²) < 4.78 is 15.1. The first-order chi connectivity index (χ1) is 11.0. The number of para-hydroxylation sites is 1. The van der Waals surface area contributed by atoms with Crippen LogP contribution in [0.4, 0.5) is 0 Å². The number of carbonyl (C=O) groups is 2. The van der Waals surface area contributed by atoms with Crippen LogP contribution in [0.15, 0.2) is 39.5 Å². The predicted octanol–water partition coefficient (Wildman–Crippen LogP) is 2.05. The number of methoxy groups -OCH3 is 1. The van der Waals surface area contributed by atoms with Crippen LogP contribution < -0.4 is 10.2 Å². The number of nitrogens with zero attached hydrogens (tertiary/aromatic N) is 1. The molecule has 0 saturated carbocycles. The number of rotatable bonds is 2. The van der Waals surface area contributed by atoms with Gasteiger partial charge in [-0.15, -0.1) is 0 Å². The minimum Gasteiger partial charge on any atom is -0.465 e. The zero-order chi connectivity index (χ0) is 16.6. The minimum absolute atomic E-state index is 0.0300. The van der Waals surface area contributed by atoms with Crippen LogP contribution in [0.2, 0.25) is 0 Å². The Balaban J connectivity index is 2.39. The van der Waals surface area contributed by atoms with Crippen LogP contribution in [-0.2, 0) is 9.53 Å². The number of ether oxygens (including phenoxy) is 2. The standard InChI is InChI=1S/C16H11NO6/c1-8(18)22-15-11(16(20)21-2)7-10-13(19)9-5-3-4-6-12(9)23-14(10)17-15/h3-7H,1-2H3. The first-order valence-corrected chi connectivity index (χ1v) is 6.64. The molecule has 7 nitrogen and oxygen atoms in total. The van der Waals surface area contributed by atoms with E-state index in [1.54, 1.807) is 24.3 Å². The zero-order valence-corrected chi connectivity index (χ0v) is 12.3. The van der Waals surface area contributed by atoms with E-state index in [4.69, 9.17) is 9.15 Å². The maximum Gasteiger partial charge on any atom is 0.343 e. The van der Waals surface area contributed by atoms with Crippen molar-refractivity contribution in [3.63, 3.8) is 0 Å². The van der Waals surface area contributed by atoms with Crippen LogP contribution in [0.25, 0.3) is 22.1 Å². The summed E-state index contributed by atoms with van der Waals surface area (Å²) in [6.07, 6.45) is 0. The Morgan fingerprint density at radius 2 is 1.91 bits per heavy atom. The Kier molecular flexibility index (Phi) is 3.53. The normalized spacial score (nSPS) is 10.7. The molecule has 7 heteroatoms. The number of pyridine rings is 1. The second kappa shape index (κ2) is 5.53. The van der Waals surface area contributed by atoms with Crippen molar-refractivity contribution in [3.8, 4) is 5.88 Å². The van der Waals surface area contributed by atoms with E-state index in [1.807, 2.05) is 0 Å². The third-order valence-electron chi connectivity index (χ3n) is 3.18. The van der Waals surface area contributed by atoms with E-state index in [9.17, 15) is 14.4 Å². The Hall–Kier alpha value is -3.22. The van der Waals surface area contributed by atoms with Gasteiger partial charge in [0.25, 0.3) is 0 Å². The molecule has 23 heavy (non-hydrogen) atoms. The highest BCUT2D eigenvalue weighted by molar-refractivity contribution is 5.98. The van der Waals surface area contributed by atoms with E-state index < -0.39 is 11.9 Å². The molecule has 0 amide bonds. The van der Waals surface area contributed by atoms with Gasteiger partial charge >= 0.3 is 11.9 Å². The monoisotopic (exact) mass is 313 g/mol. The van der Waals surface area contributed by atoms with E-state index in [1.165, 1.54) is 20.1 Å². The van der Waals surface area contributed by atoms with E-state index in [2.05, 4.69) is 9.72 Å². The molecule has 0 unspecified atom stereocenters. The molecule has 3 aromatic rings. The first kappa shape index (κ1) is 14.7. The molecule has 0 aliphatic carbocycles. The van der Waals surface area contributed by atoms with E-state index in [0.29, 0.717) is 11.0 Å². The molecule has 1 aromatic carbocycles. The minimum atomic E-state index is -0.775. The first-order valence-electron chi connectivity index (χ1n) is 6.64. The van der Waals surface area contributed by atoms with Crippen molar-refractivity contribution in [3.05, 3.63) is 46.1 Å². The van der Waals surface area contributed by atoms with Crippen LogP contribution in [-0.4, -0.2) is 24.0 Å². The fraction of sp³-hybridized carbons (Fsp3) is 0.125. The number of hydrogen-bond donors (Lipinski definition) is 0. The van der Waals surface area contributed by atoms with Crippen molar-refractivity contribution in [2.24, 2.45) is 0 Å². The number of hydrogen-bond acceptors (Lipinski definition) is 7. The van der Waals surface area contributed by atoms with Crippen LogP contribution in [0.3, 0.4) is 0 Å². The second-order valence-corrected chi connectivity index (χ2v) is 4.71. The fourth-order valence-electron chi connectivity index (χ4n) is 2.18. The molecule has 2 aromatic heterocycles. The molecule has 0 aliphatic heterocycles. The summed E-state index contributed by atoms with van der Waals surface area (Å²) in [5.74, 6) is -1.70. The van der Waals surface area contributed by atoms with Crippen molar-refractivity contribution in [1.29, 1.82) is 0 Å². The zero-order valence-electron chi connectivity index (χ0n) is 12.3. The topological polar surface area (TPSA) is 95.7 Å². The summed E-state index contributed by atoms with van der Waals surface area (Å²) in [5.41, 5.74) is -0.152. The summed E-state index contributed by atoms with van der Waals surface area (Å²) in [6, 6.07) is 7.90. The highest BCUT2D eigenvalue weighted by Gasteiger charge is 2.20. The molecule has 0 bridgehead atoms. The Morgan fingerprint density at radius 3 is 2.61 bits per heavy atom. The SMILES string of the molecule is COC(=O)c1cc2c(=O)c3ccccc3oc2nc1OC(C)=O. The van der Waals surface area contributed by atoms with Crippen LogP contribution in [0.1, 0.15) is 17.3 Å². The molecular formula is C16H11NO6. The highest BCUT2D eigenvalue weighted by Crippen LogP contribution is 2.24. The number of aromatic nitrogens is 1. The van der Waals surface area contributed by atoms with Gasteiger partial charge in [0.05, 0.1) is 17.9 Å². The summed E-state index contributed by atoms with van der Waals surface area (Å²) >= 11 is 0. The molecule has 3 rings (SSSR count). The Labute approximate surface area is 129 Å². The Bertz CT molecular complexity index is 1000. The van der Waals surface area contributed by atoms with E-state index in [-0.39, 0.29) is 28.0 Å². The molecule has 0 atom stereocenters. The molecule has 2 heterocycles. The smallest absolute Gasteiger partial charge is 0.343 e. The largest absolute Gasteiger partial charge is 0.465 e. The van der Waals surface area contributed by atoms with Crippen molar-refractivity contribution >= 4 is 34.0 Å². The number of esters is 2. The lowest BCUT2D eigenvalue weighted by Gasteiger charge is -2.08. The average molecular weight is 313 g/mol. The lowest BCUT2D eigenvalue weighted by atomic mass is 10.1. The average Bonchev–Trinajstić information content (AvgIpc) is 2.53. The van der Waals surface area contributed by atoms with Gasteiger partial charge in [-0.2, -0.15) is 4.98 Å². The molecule has 116 valence electrons. The molecule has 0 N–H and O–H groups in total. The predicted molar refractivity (Wildman–Crippen MR) is 80.4 cm³/mol. The highest BCUT2D eigenvalue weighted by atomic mass is 16.5. The van der Waals surface area contributed by atoms with Crippen molar-refractivity contribution in [2.75, 3.05) is 7.11 Å². The lowest BCUT2D eigenvalue weighted by molar-refractivity contribution is -0.132. The van der Waals surface area contributed by atoms with Gasteiger partial charge in [0, 0.05) is 6.92 Å². The molecule has 0 spiro atoms. The molecular weight excluding hydrogens is 302 g/mol. The summed E-state index contributed by atoms with van der Waals surface area (Å²) in [6.45, 7) is 1.17. The second-order valence-electron chi connectivity index (χ2n) is 4.71. The summed E-state index contributed by atoms with van der Waals surface area (Å²) in [4.78, 5) is 39.5. The van der Waals surface area contributed by atoms with Crippen LogP contribution >= 0.6 is 0 Å². The van der Waals surface area contributed by atoms with Crippen LogP contribution in [0.5, 0.6) is 5.88 Å². The van der Waals surface area contributed by atoms with Gasteiger partial charge in [-0.25, -0.2) is 4.79 Å². The van der Waals surface area contributed by atoms with Crippen molar-refractivity contribution in [2.45, 2.75) is 6.92 Å². The molecule has 0 aliphatic rings. The Morgan fingerprint density at radius 1 is 1.17 bits per heavy atom. The van der Waals surface area contributed by atoms with Gasteiger partial charge in [0.2, 0.25) is 17.0 Å². The third-order valence-corrected chi connectivity index (χ3v) is 3.18. The lowest BCUT2D eigenvalue weighted by Crippen LogP contribution is -2.13. The quantitative estimate of drug-likeness (QED) is 0.527.